The molecule has 0 spiro atoms. The lowest BCUT2D eigenvalue weighted by molar-refractivity contribution is -0.134. The molecule has 3 heterocycles. The monoisotopic (exact) mass is 590 g/mol. The Kier molecular flexibility index (Phi) is 8.63. The van der Waals surface area contributed by atoms with Gasteiger partial charge in [-0.15, -0.1) is 23.7 Å². The molecule has 2 amide bonds. The fourth-order valence-corrected chi connectivity index (χ4v) is 6.62. The van der Waals surface area contributed by atoms with E-state index in [4.69, 9.17) is 17.3 Å². The maximum Gasteiger partial charge on any atom is 0.280 e. The summed E-state index contributed by atoms with van der Waals surface area (Å²) in [6, 6.07) is 7.91. The Morgan fingerprint density at radius 1 is 1.21 bits per heavy atom. The molecule has 3 aromatic rings. The largest absolute Gasteiger partial charge is 0.349 e. The van der Waals surface area contributed by atoms with Gasteiger partial charge >= 0.3 is 0 Å². The number of nitrogens with two attached hydrogens (primary N) is 1. The Hall–Kier alpha value is -2.63. The molecule has 39 heavy (non-hydrogen) atoms. The van der Waals surface area contributed by atoms with Gasteiger partial charge in [-0.2, -0.15) is 0 Å². The van der Waals surface area contributed by atoms with Crippen molar-refractivity contribution < 1.29 is 14.4 Å². The SMILES string of the molecule is CN1CCc2nc(C(=O)NC3CC(C(=O)N(C)C)CCC3(N)C(=O)c3ccc4cc(Cl)ccc4n3)sc2C1.Cl. The summed E-state index contributed by atoms with van der Waals surface area (Å²) in [5.41, 5.74) is 7.21. The van der Waals surface area contributed by atoms with Crippen molar-refractivity contribution in [2.75, 3.05) is 27.7 Å². The fourth-order valence-electron chi connectivity index (χ4n) is 5.35. The molecule has 2 aromatic heterocycles. The first-order valence-corrected chi connectivity index (χ1v) is 13.8. The van der Waals surface area contributed by atoms with Crippen molar-refractivity contribution in [2.45, 2.75) is 43.8 Å². The topological polar surface area (TPSA) is 122 Å². The van der Waals surface area contributed by atoms with Gasteiger partial charge in [0.2, 0.25) is 11.7 Å². The van der Waals surface area contributed by atoms with Gasteiger partial charge in [-0.05, 0) is 50.6 Å². The summed E-state index contributed by atoms with van der Waals surface area (Å²) in [6.07, 6.45) is 1.71. The highest BCUT2D eigenvalue weighted by Gasteiger charge is 2.49. The van der Waals surface area contributed by atoms with Crippen molar-refractivity contribution in [1.82, 2.24) is 25.1 Å². The summed E-state index contributed by atoms with van der Waals surface area (Å²) in [7, 11) is 5.44. The average Bonchev–Trinajstić information content (AvgIpc) is 3.32. The number of rotatable bonds is 5. The van der Waals surface area contributed by atoms with Crippen LogP contribution in [0.5, 0.6) is 0 Å². The van der Waals surface area contributed by atoms with Gasteiger partial charge in [0.25, 0.3) is 5.91 Å². The van der Waals surface area contributed by atoms with E-state index in [9.17, 15) is 14.4 Å². The molecule has 1 aromatic carbocycles. The first kappa shape index (κ1) is 29.4. The summed E-state index contributed by atoms with van der Waals surface area (Å²) >= 11 is 7.46. The van der Waals surface area contributed by atoms with E-state index in [-0.39, 0.29) is 54.5 Å². The minimum absolute atomic E-state index is 0. The number of amides is 2. The number of carbonyl (C=O) groups excluding carboxylic acids is 3. The number of ketones is 1. The summed E-state index contributed by atoms with van der Waals surface area (Å²) in [6.45, 7) is 1.64. The first-order valence-electron chi connectivity index (χ1n) is 12.6. The molecule has 3 N–H and O–H groups in total. The number of fused-ring (bicyclic) bond motifs is 2. The highest BCUT2D eigenvalue weighted by molar-refractivity contribution is 7.13. The van der Waals surface area contributed by atoms with Gasteiger partial charge in [0.15, 0.2) is 5.01 Å². The summed E-state index contributed by atoms with van der Waals surface area (Å²) in [5.74, 6) is -1.15. The molecule has 0 radical (unpaired) electrons. The Labute approximate surface area is 242 Å². The van der Waals surface area contributed by atoms with Crippen molar-refractivity contribution in [2.24, 2.45) is 11.7 Å². The number of nitrogens with zero attached hydrogens (tertiary/aromatic N) is 4. The van der Waals surface area contributed by atoms with Crippen molar-refractivity contribution >= 4 is 63.8 Å². The van der Waals surface area contributed by atoms with E-state index in [1.807, 2.05) is 7.05 Å². The van der Waals surface area contributed by atoms with Crippen LogP contribution in [0.15, 0.2) is 30.3 Å². The number of hydrogen-bond donors (Lipinski definition) is 2. The Bertz CT molecular complexity index is 1430. The predicted molar refractivity (Wildman–Crippen MR) is 155 cm³/mol. The van der Waals surface area contributed by atoms with Crippen molar-refractivity contribution in [3.05, 3.63) is 56.6 Å². The third-order valence-corrected chi connectivity index (χ3v) is 8.88. The molecule has 3 atom stereocenters. The van der Waals surface area contributed by atoms with Crippen LogP contribution in [0, 0.1) is 5.92 Å². The summed E-state index contributed by atoms with van der Waals surface area (Å²) in [5, 5.41) is 4.74. The molecule has 1 aliphatic carbocycles. The van der Waals surface area contributed by atoms with Crippen LogP contribution in [-0.4, -0.2) is 76.6 Å². The van der Waals surface area contributed by atoms with Gasteiger partial charge in [0, 0.05) is 54.8 Å². The van der Waals surface area contributed by atoms with E-state index < -0.39 is 11.6 Å². The molecule has 208 valence electrons. The minimum Gasteiger partial charge on any atom is -0.349 e. The third kappa shape index (κ3) is 5.81. The highest BCUT2D eigenvalue weighted by atomic mass is 35.5. The van der Waals surface area contributed by atoms with Gasteiger partial charge in [-0.3, -0.25) is 14.4 Å². The molecule has 12 heteroatoms. The lowest BCUT2D eigenvalue weighted by atomic mass is 9.70. The highest BCUT2D eigenvalue weighted by Crippen LogP contribution is 2.35. The van der Waals surface area contributed by atoms with Crippen LogP contribution in [0.25, 0.3) is 10.9 Å². The molecule has 3 unspecified atom stereocenters. The Morgan fingerprint density at radius 3 is 2.72 bits per heavy atom. The zero-order valence-corrected chi connectivity index (χ0v) is 24.5. The Balaban J connectivity index is 0.00000353. The van der Waals surface area contributed by atoms with E-state index in [1.165, 1.54) is 16.2 Å². The normalized spacial score (nSPS) is 23.0. The summed E-state index contributed by atoms with van der Waals surface area (Å²) in [4.78, 5) is 54.1. The molecule has 0 bridgehead atoms. The number of halogens is 2. The van der Waals surface area contributed by atoms with Gasteiger partial charge in [-0.1, -0.05) is 17.7 Å². The van der Waals surface area contributed by atoms with E-state index >= 15 is 0 Å². The maximum absolute atomic E-state index is 13.9. The average molecular weight is 592 g/mol. The number of thiazole rings is 1. The molecule has 9 nitrogen and oxygen atoms in total. The van der Waals surface area contributed by atoms with Crippen LogP contribution in [0.4, 0.5) is 0 Å². The van der Waals surface area contributed by atoms with E-state index in [0.717, 1.165) is 35.5 Å². The number of likely N-dealkylation sites (N-methyl/N-ethyl adjacent to an activating group) is 1. The molecule has 1 fully saturated rings. The standard InChI is InChI=1S/C27H31ClN6O3S.ClH/c1-33(2)26(37)16-8-10-27(29,23(35)20-6-4-15-12-17(28)5-7-18(15)30-20)22(13-16)32-24(36)25-31-19-9-11-34(3)14-21(19)38-25;/h4-7,12,16,22H,8-11,13-14,29H2,1-3H3,(H,32,36);1H. The lowest BCUT2D eigenvalue weighted by Crippen LogP contribution is -2.66. The molecular weight excluding hydrogens is 559 g/mol. The number of aromatic nitrogens is 2. The molecule has 5 rings (SSSR count). The second-order valence-electron chi connectivity index (χ2n) is 10.5. The Morgan fingerprint density at radius 2 is 1.97 bits per heavy atom. The van der Waals surface area contributed by atoms with E-state index in [1.54, 1.807) is 44.4 Å². The molecule has 1 saturated carbocycles. The molecule has 0 saturated heterocycles. The van der Waals surface area contributed by atoms with E-state index in [2.05, 4.69) is 20.2 Å². The van der Waals surface area contributed by atoms with Gasteiger partial charge in [-0.25, -0.2) is 9.97 Å². The first-order chi connectivity index (χ1) is 18.0. The number of carbonyl (C=O) groups is 3. The minimum atomic E-state index is -1.43. The maximum atomic E-state index is 13.9. The van der Waals surface area contributed by atoms with E-state index in [0.29, 0.717) is 22.0 Å². The number of benzene rings is 1. The van der Waals surface area contributed by atoms with Crippen molar-refractivity contribution in [3.8, 4) is 0 Å². The molecular formula is C27H32Cl2N6O3S. The number of Topliss-reactive ketones (excluding diaryl/α,β-unsaturated/α-hetero) is 1. The van der Waals surface area contributed by atoms with Crippen LogP contribution in [0.2, 0.25) is 5.02 Å². The third-order valence-electron chi connectivity index (χ3n) is 7.57. The second-order valence-corrected chi connectivity index (χ2v) is 12.0. The smallest absolute Gasteiger partial charge is 0.280 e. The van der Waals surface area contributed by atoms with Crippen molar-refractivity contribution in [3.63, 3.8) is 0 Å². The number of nitrogens with one attached hydrogen (secondary N) is 1. The quantitative estimate of drug-likeness (QED) is 0.437. The molecule has 1 aliphatic heterocycles. The number of pyridine rings is 1. The van der Waals surface area contributed by atoms with Crippen LogP contribution >= 0.6 is 35.3 Å². The van der Waals surface area contributed by atoms with Crippen LogP contribution in [-0.2, 0) is 17.8 Å². The van der Waals surface area contributed by atoms with Gasteiger partial charge < -0.3 is 20.9 Å². The van der Waals surface area contributed by atoms with Crippen LogP contribution in [0.1, 0.15) is 50.1 Å². The van der Waals surface area contributed by atoms with Crippen molar-refractivity contribution in [1.29, 1.82) is 0 Å². The van der Waals surface area contributed by atoms with Crippen LogP contribution < -0.4 is 11.1 Å². The zero-order chi connectivity index (χ0) is 27.2. The van der Waals surface area contributed by atoms with Gasteiger partial charge in [0.05, 0.1) is 17.3 Å². The zero-order valence-electron chi connectivity index (χ0n) is 22.1. The summed E-state index contributed by atoms with van der Waals surface area (Å²) < 4.78 is 0. The second kappa shape index (κ2) is 11.5. The predicted octanol–water partition coefficient (Wildman–Crippen LogP) is 3.32. The molecule has 2 aliphatic rings. The van der Waals surface area contributed by atoms with Gasteiger partial charge in [0.1, 0.15) is 11.2 Å². The lowest BCUT2D eigenvalue weighted by Gasteiger charge is -2.43. The van der Waals surface area contributed by atoms with Crippen LogP contribution in [0.3, 0.4) is 0 Å². The fraction of sp³-hybridized carbons (Fsp3) is 0.444. The number of hydrogen-bond acceptors (Lipinski definition) is 8.